The van der Waals surface area contributed by atoms with Crippen LogP contribution in [0.3, 0.4) is 0 Å². The third kappa shape index (κ3) is 1.80. The molecule has 80 valence electrons. The van der Waals surface area contributed by atoms with Crippen LogP contribution in [0.25, 0.3) is 0 Å². The van der Waals surface area contributed by atoms with E-state index in [9.17, 15) is 0 Å². The predicted molar refractivity (Wildman–Crippen MR) is 63.3 cm³/mol. The first-order valence-electron chi connectivity index (χ1n) is 5.75. The van der Waals surface area contributed by atoms with Gasteiger partial charge in [0.25, 0.3) is 0 Å². The first-order chi connectivity index (χ1) is 6.70. The van der Waals surface area contributed by atoms with Crippen molar-refractivity contribution in [2.75, 3.05) is 6.54 Å². The molecule has 2 N–H and O–H groups in total. The Hall–Kier alpha value is -0.150. The Morgan fingerprint density at radius 3 is 2.79 bits per heavy atom. The third-order valence-corrected chi connectivity index (χ3v) is 4.30. The molecule has 3 atom stereocenters. The molecule has 2 nitrogen and oxygen atoms in total. The summed E-state index contributed by atoms with van der Waals surface area (Å²) in [4.78, 5) is 3.20. The van der Waals surface area contributed by atoms with Crippen LogP contribution < -0.4 is 5.73 Å². The quantitative estimate of drug-likeness (QED) is 0.709. The second-order valence-electron chi connectivity index (χ2n) is 4.72. The molecule has 0 spiro atoms. The minimum atomic E-state index is 0.304. The highest BCUT2D eigenvalue weighted by Gasteiger charge is 2.38. The van der Waals surface area contributed by atoms with E-state index in [1.165, 1.54) is 38.6 Å². The number of nitrogens with two attached hydrogens (primary N) is 1. The smallest absolute Gasteiger partial charge is 0.0899 e. The second kappa shape index (κ2) is 4.15. The lowest BCUT2D eigenvalue weighted by atomic mass is 9.85. The third-order valence-electron chi connectivity index (χ3n) is 3.96. The molecule has 0 aromatic carbocycles. The van der Waals surface area contributed by atoms with Gasteiger partial charge in [-0.2, -0.15) is 0 Å². The summed E-state index contributed by atoms with van der Waals surface area (Å²) in [6, 6.07) is 1.08. The highest BCUT2D eigenvalue weighted by Crippen LogP contribution is 2.37. The molecule has 1 aliphatic carbocycles. The van der Waals surface area contributed by atoms with Crippen LogP contribution in [0.5, 0.6) is 0 Å². The van der Waals surface area contributed by atoms with Crippen LogP contribution in [0.15, 0.2) is 0 Å². The molecule has 0 bridgehead atoms. The largest absolute Gasteiger partial charge is 0.392 e. The van der Waals surface area contributed by atoms with Gasteiger partial charge < -0.3 is 5.73 Å². The monoisotopic (exact) mass is 212 g/mol. The van der Waals surface area contributed by atoms with Gasteiger partial charge in [0.2, 0.25) is 0 Å². The lowest BCUT2D eigenvalue weighted by Gasteiger charge is -2.35. The highest BCUT2D eigenvalue weighted by atomic mass is 32.1. The molecular formula is C11H20N2S. The zero-order valence-electron chi connectivity index (χ0n) is 8.91. The average molecular weight is 212 g/mol. The molecule has 0 aromatic heterocycles. The summed E-state index contributed by atoms with van der Waals surface area (Å²) in [5.74, 6) is 0.931. The summed E-state index contributed by atoms with van der Waals surface area (Å²) in [6.45, 7) is 3.35. The van der Waals surface area contributed by atoms with Gasteiger partial charge in [0.15, 0.2) is 0 Å². The van der Waals surface area contributed by atoms with Crippen molar-refractivity contribution in [2.45, 2.75) is 51.1 Å². The van der Waals surface area contributed by atoms with E-state index in [2.05, 4.69) is 11.8 Å². The summed E-state index contributed by atoms with van der Waals surface area (Å²) < 4.78 is 0. The van der Waals surface area contributed by atoms with Crippen LogP contribution in [0.1, 0.15) is 39.0 Å². The highest BCUT2D eigenvalue weighted by molar-refractivity contribution is 7.80. The number of hydrogen-bond acceptors (Lipinski definition) is 2. The number of fused-ring (bicyclic) bond motifs is 1. The van der Waals surface area contributed by atoms with E-state index in [1.807, 2.05) is 0 Å². The van der Waals surface area contributed by atoms with E-state index in [1.54, 1.807) is 0 Å². The van der Waals surface area contributed by atoms with Gasteiger partial charge in [0.05, 0.1) is 11.0 Å². The van der Waals surface area contributed by atoms with Crippen molar-refractivity contribution in [2.24, 2.45) is 11.7 Å². The fourth-order valence-electron chi connectivity index (χ4n) is 3.09. The Morgan fingerprint density at radius 2 is 2.07 bits per heavy atom. The van der Waals surface area contributed by atoms with E-state index in [4.69, 9.17) is 18.0 Å². The molecular weight excluding hydrogens is 192 g/mol. The minimum Gasteiger partial charge on any atom is -0.392 e. The Kier molecular flexibility index (Phi) is 3.07. The summed E-state index contributed by atoms with van der Waals surface area (Å²) >= 11 is 5.08. The summed E-state index contributed by atoms with van der Waals surface area (Å²) in [5, 5.41) is 0. The first-order valence-corrected chi connectivity index (χ1v) is 6.16. The number of nitrogens with zero attached hydrogens (tertiary/aromatic N) is 1. The Balaban J connectivity index is 2.03. The van der Waals surface area contributed by atoms with Gasteiger partial charge in [0, 0.05) is 6.04 Å². The second-order valence-corrected chi connectivity index (χ2v) is 5.19. The van der Waals surface area contributed by atoms with Gasteiger partial charge >= 0.3 is 0 Å². The minimum absolute atomic E-state index is 0.304. The molecule has 14 heavy (non-hydrogen) atoms. The number of rotatable bonds is 2. The number of hydrogen-bond donors (Lipinski definition) is 1. The predicted octanol–water partition coefficient (Wildman–Crippen LogP) is 1.93. The Bertz CT molecular complexity index is 229. The first kappa shape index (κ1) is 10.4. The standard InChI is InChI=1S/C11H20N2S/c1-8(11(12)14)13-7-6-9-4-2-3-5-10(9)13/h8-10H,2-7H2,1H3,(H2,12,14)/t8?,9-,10-/m0/s1. The molecule has 2 fully saturated rings. The van der Waals surface area contributed by atoms with Crippen LogP contribution in [0.2, 0.25) is 0 Å². The van der Waals surface area contributed by atoms with Crippen LogP contribution in [-0.2, 0) is 0 Å². The van der Waals surface area contributed by atoms with E-state index in [-0.39, 0.29) is 0 Å². The van der Waals surface area contributed by atoms with Gasteiger partial charge in [-0.05, 0) is 38.6 Å². The fraction of sp³-hybridized carbons (Fsp3) is 0.909. The van der Waals surface area contributed by atoms with Crippen LogP contribution in [0, 0.1) is 5.92 Å². The molecule has 0 radical (unpaired) electrons. The molecule has 0 amide bonds. The van der Waals surface area contributed by atoms with Crippen molar-refractivity contribution >= 4 is 17.2 Å². The van der Waals surface area contributed by atoms with Gasteiger partial charge in [-0.3, -0.25) is 4.90 Å². The maximum atomic E-state index is 5.73. The van der Waals surface area contributed by atoms with Crippen LogP contribution in [-0.4, -0.2) is 28.5 Å². The van der Waals surface area contributed by atoms with Gasteiger partial charge in [-0.1, -0.05) is 25.1 Å². The molecule has 1 saturated carbocycles. The van der Waals surface area contributed by atoms with Gasteiger partial charge in [-0.25, -0.2) is 0 Å². The number of likely N-dealkylation sites (tertiary alicyclic amines) is 1. The van der Waals surface area contributed by atoms with Crippen molar-refractivity contribution < 1.29 is 0 Å². The maximum Gasteiger partial charge on any atom is 0.0899 e. The molecule has 2 rings (SSSR count). The molecule has 1 heterocycles. The molecule has 3 heteroatoms. The van der Waals surface area contributed by atoms with Crippen molar-refractivity contribution in [3.05, 3.63) is 0 Å². The van der Waals surface area contributed by atoms with Gasteiger partial charge in [-0.15, -0.1) is 0 Å². The Morgan fingerprint density at radius 1 is 1.36 bits per heavy atom. The molecule has 2 aliphatic rings. The molecule has 1 unspecified atom stereocenters. The van der Waals surface area contributed by atoms with Crippen molar-refractivity contribution in [3.63, 3.8) is 0 Å². The number of thiocarbonyl (C=S) groups is 1. The van der Waals surface area contributed by atoms with E-state index in [0.717, 1.165) is 12.0 Å². The average Bonchev–Trinajstić information content (AvgIpc) is 2.60. The van der Waals surface area contributed by atoms with Gasteiger partial charge in [0.1, 0.15) is 0 Å². The Labute approximate surface area is 91.8 Å². The zero-order valence-corrected chi connectivity index (χ0v) is 9.72. The van der Waals surface area contributed by atoms with Crippen molar-refractivity contribution in [1.82, 2.24) is 4.90 Å². The summed E-state index contributed by atoms with van der Waals surface area (Å²) in [7, 11) is 0. The van der Waals surface area contributed by atoms with Crippen molar-refractivity contribution in [3.8, 4) is 0 Å². The zero-order chi connectivity index (χ0) is 10.1. The fourth-order valence-corrected chi connectivity index (χ4v) is 3.22. The van der Waals surface area contributed by atoms with Crippen LogP contribution in [0.4, 0.5) is 0 Å². The van der Waals surface area contributed by atoms with E-state index in [0.29, 0.717) is 11.0 Å². The molecule has 1 aliphatic heterocycles. The van der Waals surface area contributed by atoms with E-state index >= 15 is 0 Å². The topological polar surface area (TPSA) is 29.3 Å². The SMILES string of the molecule is CC(C(N)=S)N1CC[C@@H]2CCCC[C@@H]21. The van der Waals surface area contributed by atoms with E-state index < -0.39 is 0 Å². The maximum absolute atomic E-state index is 5.73. The summed E-state index contributed by atoms with van der Waals surface area (Å²) in [5.41, 5.74) is 5.73. The molecule has 0 aromatic rings. The molecule has 1 saturated heterocycles. The lowest BCUT2D eigenvalue weighted by molar-refractivity contribution is 0.169. The summed E-state index contributed by atoms with van der Waals surface area (Å²) in [6.07, 6.45) is 6.96. The van der Waals surface area contributed by atoms with Crippen LogP contribution >= 0.6 is 12.2 Å². The normalized spacial score (nSPS) is 35.2. The van der Waals surface area contributed by atoms with Crippen molar-refractivity contribution in [1.29, 1.82) is 0 Å². The lowest BCUT2D eigenvalue weighted by Crippen LogP contribution is -2.46.